The van der Waals surface area contributed by atoms with Gasteiger partial charge in [-0.25, -0.2) is 0 Å². The van der Waals surface area contributed by atoms with Crippen molar-refractivity contribution in [3.05, 3.63) is 0 Å². The molecule has 0 amide bonds. The van der Waals surface area contributed by atoms with Gasteiger partial charge in [-0.1, -0.05) is 0 Å². The molecule has 0 N–H and O–H groups in total. The van der Waals surface area contributed by atoms with Crippen molar-refractivity contribution in [2.75, 3.05) is 0 Å². The fraction of sp³-hybridized carbons (Fsp3) is 0. The van der Waals surface area contributed by atoms with Gasteiger partial charge in [0.2, 0.25) is 0 Å². The maximum absolute atomic E-state index is 0. The molecule has 0 aromatic heterocycles. The first-order chi connectivity index (χ1) is 0. The first kappa shape index (κ1) is 63.9. The van der Waals surface area contributed by atoms with E-state index in [1.54, 1.807) is 0 Å². The van der Waals surface area contributed by atoms with Crippen molar-refractivity contribution in [2.24, 2.45) is 0 Å². The molecule has 0 fully saturated rings. The minimum absolute atomic E-state index is 0. The van der Waals surface area contributed by atoms with Crippen LogP contribution in [0.15, 0.2) is 0 Å². The van der Waals surface area contributed by atoms with Gasteiger partial charge in [-0.05, 0) is 0 Å². The van der Waals surface area contributed by atoms with Crippen LogP contribution < -0.4 is 0 Å². The minimum atomic E-state index is 0. The maximum atomic E-state index is 0. The zero-order valence-electron chi connectivity index (χ0n) is 2.52. The van der Waals surface area contributed by atoms with Gasteiger partial charge in [0.05, 0.1) is 0 Å². The Balaban J connectivity index is 0. The Morgan fingerprint density at radius 1 is 0.600 bits per heavy atom. The molecule has 0 radical (unpaired) electrons. The van der Waals surface area contributed by atoms with Crippen molar-refractivity contribution in [2.45, 2.75) is 0 Å². The van der Waals surface area contributed by atoms with E-state index < -0.39 is 0 Å². The van der Waals surface area contributed by atoms with Crippen molar-refractivity contribution < 1.29 is 73.9 Å². The summed E-state index contributed by atoms with van der Waals surface area (Å²) in [6, 6.07) is 0. The zero-order valence-corrected chi connectivity index (χ0v) is 8.61. The standard InChI is InChI=1S/2O.2Ti.Zn/q2*-2;2*+4;+2. The largest absolute Gasteiger partial charge is 4.00 e. The van der Waals surface area contributed by atoms with E-state index in [4.69, 9.17) is 0 Å². The van der Waals surface area contributed by atoms with Crippen LogP contribution in [0.2, 0.25) is 0 Å². The van der Waals surface area contributed by atoms with Crippen molar-refractivity contribution in [3.63, 3.8) is 0 Å². The molecule has 0 aromatic rings. The van der Waals surface area contributed by atoms with Crippen LogP contribution in [-0.4, -0.2) is 0 Å². The quantitative estimate of drug-likeness (QED) is 0.476. The van der Waals surface area contributed by atoms with Crippen molar-refractivity contribution >= 4 is 0 Å². The molecule has 0 aliphatic carbocycles. The average molecular weight is 193 g/mol. The topological polar surface area (TPSA) is 57.0 Å². The first-order valence-corrected chi connectivity index (χ1v) is 0. The third-order valence-electron chi connectivity index (χ3n) is 0. The molecular weight excluding hydrogens is 193 g/mol. The smallest absolute Gasteiger partial charge is 2.00 e. The Bertz CT molecular complexity index is 7.61. The fourth-order valence-electron chi connectivity index (χ4n) is 0. The SMILES string of the molecule is [O-2].[O-2].[Ti+4].[Ti+4].[Zn+2]. The van der Waals surface area contributed by atoms with E-state index in [2.05, 4.69) is 0 Å². The summed E-state index contributed by atoms with van der Waals surface area (Å²) in [4.78, 5) is 0. The summed E-state index contributed by atoms with van der Waals surface area (Å²) in [5, 5.41) is 0. The molecule has 2 nitrogen and oxygen atoms in total. The van der Waals surface area contributed by atoms with E-state index in [1.165, 1.54) is 0 Å². The molecule has 0 heterocycles. The Labute approximate surface area is 73.2 Å². The number of hydrogen-bond acceptors (Lipinski definition) is 0. The van der Waals surface area contributed by atoms with Crippen LogP contribution in [0.25, 0.3) is 0 Å². The molecule has 5 heteroatoms. The van der Waals surface area contributed by atoms with E-state index in [1.807, 2.05) is 0 Å². The van der Waals surface area contributed by atoms with Gasteiger partial charge < -0.3 is 11.0 Å². The Kier molecular flexibility index (Phi) is 486. The normalized spacial score (nSPS) is 0. The van der Waals surface area contributed by atoms with Gasteiger partial charge in [0.15, 0.2) is 0 Å². The van der Waals surface area contributed by atoms with Gasteiger partial charge in [-0.15, -0.1) is 0 Å². The van der Waals surface area contributed by atoms with E-state index in [-0.39, 0.29) is 73.9 Å². The van der Waals surface area contributed by atoms with Crippen LogP contribution in [0.1, 0.15) is 0 Å². The van der Waals surface area contributed by atoms with Crippen molar-refractivity contribution in [1.82, 2.24) is 0 Å². The molecule has 0 aliphatic rings. The molecule has 5 heavy (non-hydrogen) atoms. The van der Waals surface area contributed by atoms with Crippen LogP contribution in [0.3, 0.4) is 0 Å². The van der Waals surface area contributed by atoms with Gasteiger partial charge >= 0.3 is 62.9 Å². The van der Waals surface area contributed by atoms with Gasteiger partial charge in [0.25, 0.3) is 0 Å². The molecule has 0 bridgehead atoms. The Hall–Kier alpha value is 1.97. The Morgan fingerprint density at radius 2 is 0.600 bits per heavy atom. The maximum Gasteiger partial charge on any atom is 4.00 e. The third kappa shape index (κ3) is 24.2. The number of hydrogen-bond donors (Lipinski definition) is 0. The van der Waals surface area contributed by atoms with Crippen molar-refractivity contribution in [1.29, 1.82) is 0 Å². The molecule has 0 saturated heterocycles. The second kappa shape index (κ2) is 38.0. The summed E-state index contributed by atoms with van der Waals surface area (Å²) in [6.07, 6.45) is 0. The average Bonchev–Trinajstić information content (AvgIpc) is 0. The Morgan fingerprint density at radius 3 is 0.600 bits per heavy atom. The molecule has 0 unspecified atom stereocenters. The monoisotopic (exact) mass is 192 g/mol. The second-order valence-corrected chi connectivity index (χ2v) is 0. The summed E-state index contributed by atoms with van der Waals surface area (Å²) in [5.41, 5.74) is 0. The molecule has 16 valence electrons. The van der Waals surface area contributed by atoms with Gasteiger partial charge in [-0.3, -0.25) is 0 Å². The predicted molar refractivity (Wildman–Crippen MR) is 1.37 cm³/mol. The minimum Gasteiger partial charge on any atom is -2.00 e. The van der Waals surface area contributed by atoms with E-state index >= 15 is 0 Å². The molecule has 0 atom stereocenters. The zero-order chi connectivity index (χ0) is 0. The van der Waals surface area contributed by atoms with E-state index in [9.17, 15) is 0 Å². The van der Waals surface area contributed by atoms with Crippen LogP contribution >= 0.6 is 0 Å². The summed E-state index contributed by atoms with van der Waals surface area (Å²) in [6.45, 7) is 0. The summed E-state index contributed by atoms with van der Waals surface area (Å²) >= 11 is 0. The fourth-order valence-corrected chi connectivity index (χ4v) is 0. The molecule has 0 saturated carbocycles. The van der Waals surface area contributed by atoms with E-state index in [0.29, 0.717) is 0 Å². The first-order valence-electron chi connectivity index (χ1n) is 0. The van der Waals surface area contributed by atoms with Crippen LogP contribution in [-0.2, 0) is 73.9 Å². The van der Waals surface area contributed by atoms with Gasteiger partial charge in [0, 0.05) is 0 Å². The third-order valence-corrected chi connectivity index (χ3v) is 0. The summed E-state index contributed by atoms with van der Waals surface area (Å²) < 4.78 is 0. The van der Waals surface area contributed by atoms with E-state index in [0.717, 1.165) is 0 Å². The van der Waals surface area contributed by atoms with Crippen molar-refractivity contribution in [3.8, 4) is 0 Å². The van der Waals surface area contributed by atoms with Crippen LogP contribution in [0.4, 0.5) is 0 Å². The summed E-state index contributed by atoms with van der Waals surface area (Å²) in [5.74, 6) is 0. The van der Waals surface area contributed by atoms with Gasteiger partial charge in [0.1, 0.15) is 0 Å². The van der Waals surface area contributed by atoms with Crippen LogP contribution in [0.5, 0.6) is 0 Å². The molecule has 0 aliphatic heterocycles. The predicted octanol–water partition coefficient (Wildman–Crippen LogP) is -0.245. The molecule has 0 aromatic carbocycles. The molecular formula is O2Ti2Zn+6. The van der Waals surface area contributed by atoms with Crippen LogP contribution in [0, 0.1) is 0 Å². The summed E-state index contributed by atoms with van der Waals surface area (Å²) in [7, 11) is 0. The second-order valence-electron chi connectivity index (χ2n) is 0. The number of rotatable bonds is 0. The van der Waals surface area contributed by atoms with Gasteiger partial charge in [-0.2, -0.15) is 0 Å². The molecule has 0 spiro atoms. The molecule has 0 rings (SSSR count).